The summed E-state index contributed by atoms with van der Waals surface area (Å²) < 4.78 is 14.6. The molecular formula is C5H10NOS-. The van der Waals surface area contributed by atoms with Crippen molar-refractivity contribution in [1.82, 2.24) is 0 Å². The van der Waals surface area contributed by atoms with Gasteiger partial charge in [0.15, 0.2) is 0 Å². The molecule has 48 valence electrons. The van der Waals surface area contributed by atoms with Gasteiger partial charge in [0.05, 0.1) is 0 Å². The summed E-state index contributed by atoms with van der Waals surface area (Å²) in [6.45, 7) is 2.61. The molecule has 0 aromatic heterocycles. The SMILES string of the molecule is CCN=[S-](=O)C1CC1. The Morgan fingerprint density at radius 2 is 2.38 bits per heavy atom. The van der Waals surface area contributed by atoms with Crippen molar-refractivity contribution >= 4 is 10.6 Å². The first-order valence-electron chi connectivity index (χ1n) is 2.92. The Bertz CT molecular complexity index is 145. The summed E-state index contributed by atoms with van der Waals surface area (Å²) >= 11 is 0. The summed E-state index contributed by atoms with van der Waals surface area (Å²) in [5.41, 5.74) is 0. The van der Waals surface area contributed by atoms with E-state index in [1.54, 1.807) is 0 Å². The maximum atomic E-state index is 10.7. The molecule has 8 heavy (non-hydrogen) atoms. The minimum atomic E-state index is -0.836. The minimum Gasteiger partial charge on any atom is -0.444 e. The number of nitrogens with zero attached hydrogens (tertiary/aromatic N) is 1. The molecule has 0 N–H and O–H groups in total. The van der Waals surface area contributed by atoms with Gasteiger partial charge in [0.25, 0.3) is 0 Å². The van der Waals surface area contributed by atoms with Crippen molar-refractivity contribution in [3.8, 4) is 0 Å². The van der Waals surface area contributed by atoms with E-state index in [1.807, 2.05) is 6.92 Å². The molecule has 0 aliphatic heterocycles. The molecule has 0 saturated heterocycles. The lowest BCUT2D eigenvalue weighted by molar-refractivity contribution is 0.598. The fraction of sp³-hybridized carbons (Fsp3) is 1.00. The van der Waals surface area contributed by atoms with Gasteiger partial charge in [0, 0.05) is 6.54 Å². The average molecular weight is 132 g/mol. The topological polar surface area (TPSA) is 29.4 Å². The third-order valence-electron chi connectivity index (χ3n) is 1.07. The normalized spacial score (nSPS) is 23.6. The fourth-order valence-corrected chi connectivity index (χ4v) is 1.51. The van der Waals surface area contributed by atoms with E-state index in [9.17, 15) is 4.21 Å². The number of hydrogen-bond donors (Lipinski definition) is 0. The van der Waals surface area contributed by atoms with Crippen molar-refractivity contribution in [3.63, 3.8) is 0 Å². The minimum absolute atomic E-state index is 0.426. The Morgan fingerprint density at radius 1 is 1.75 bits per heavy atom. The van der Waals surface area contributed by atoms with Gasteiger partial charge < -0.3 is 8.57 Å². The van der Waals surface area contributed by atoms with E-state index in [0.29, 0.717) is 11.8 Å². The summed E-state index contributed by atoms with van der Waals surface area (Å²) in [5.74, 6) is 0. The Balaban J connectivity index is 2.43. The summed E-state index contributed by atoms with van der Waals surface area (Å²) in [4.78, 5) is 0. The molecule has 0 spiro atoms. The molecule has 0 bridgehead atoms. The van der Waals surface area contributed by atoms with E-state index < -0.39 is 10.6 Å². The molecule has 1 saturated carbocycles. The first-order valence-corrected chi connectivity index (χ1v) is 4.09. The highest BCUT2D eigenvalue weighted by atomic mass is 32.2. The first kappa shape index (κ1) is 6.08. The van der Waals surface area contributed by atoms with Crippen LogP contribution in [0.25, 0.3) is 0 Å². The lowest BCUT2D eigenvalue weighted by atomic mass is 10.8. The predicted molar refractivity (Wildman–Crippen MR) is 34.0 cm³/mol. The van der Waals surface area contributed by atoms with Crippen LogP contribution in [0.3, 0.4) is 0 Å². The van der Waals surface area contributed by atoms with Gasteiger partial charge in [-0.3, -0.25) is 0 Å². The zero-order valence-electron chi connectivity index (χ0n) is 4.96. The van der Waals surface area contributed by atoms with Gasteiger partial charge in [0.1, 0.15) is 0 Å². The molecule has 1 aliphatic rings. The van der Waals surface area contributed by atoms with E-state index in [0.717, 1.165) is 12.8 Å². The van der Waals surface area contributed by atoms with Gasteiger partial charge in [-0.15, -0.1) is 0 Å². The molecule has 0 atom stereocenters. The van der Waals surface area contributed by atoms with Crippen molar-refractivity contribution in [2.75, 3.05) is 6.54 Å². The smallest absolute Gasteiger partial charge is 0.00941 e. The van der Waals surface area contributed by atoms with Crippen LogP contribution in [0.4, 0.5) is 0 Å². The van der Waals surface area contributed by atoms with Crippen LogP contribution in [0.2, 0.25) is 0 Å². The summed E-state index contributed by atoms with van der Waals surface area (Å²) in [6.07, 6.45) is 2.24. The molecule has 0 radical (unpaired) electrons. The molecule has 0 heterocycles. The molecule has 0 aromatic carbocycles. The Morgan fingerprint density at radius 3 is 2.75 bits per heavy atom. The van der Waals surface area contributed by atoms with E-state index in [2.05, 4.69) is 4.36 Å². The molecule has 1 rings (SSSR count). The van der Waals surface area contributed by atoms with Crippen LogP contribution < -0.4 is 0 Å². The van der Waals surface area contributed by atoms with Gasteiger partial charge >= 0.3 is 0 Å². The quantitative estimate of drug-likeness (QED) is 0.521. The second-order valence-corrected chi connectivity index (χ2v) is 3.40. The number of hydrogen-bond acceptors (Lipinski definition) is 3. The Hall–Kier alpha value is -0.0500. The van der Waals surface area contributed by atoms with Crippen molar-refractivity contribution in [2.45, 2.75) is 25.0 Å². The maximum Gasteiger partial charge on any atom is 0.00941 e. The highest BCUT2D eigenvalue weighted by Gasteiger charge is 2.13. The fourth-order valence-electron chi connectivity index (χ4n) is 0.502. The third kappa shape index (κ3) is 1.47. The van der Waals surface area contributed by atoms with Gasteiger partial charge in [-0.05, 0) is 6.92 Å². The summed E-state index contributed by atoms with van der Waals surface area (Å²) in [5, 5.41) is 0.426. The Kier molecular flexibility index (Phi) is 1.89. The van der Waals surface area contributed by atoms with Crippen LogP contribution in [-0.4, -0.2) is 11.8 Å². The van der Waals surface area contributed by atoms with E-state index in [1.165, 1.54) is 0 Å². The molecule has 3 heteroatoms. The third-order valence-corrected chi connectivity index (χ3v) is 2.62. The second kappa shape index (κ2) is 2.49. The van der Waals surface area contributed by atoms with Gasteiger partial charge in [0.2, 0.25) is 0 Å². The molecule has 0 amide bonds. The van der Waals surface area contributed by atoms with Crippen LogP contribution in [0, 0.1) is 0 Å². The summed E-state index contributed by atoms with van der Waals surface area (Å²) in [7, 11) is -0.836. The molecule has 2 nitrogen and oxygen atoms in total. The average Bonchev–Trinajstić information content (AvgIpc) is 2.45. The van der Waals surface area contributed by atoms with Crippen LogP contribution in [0.5, 0.6) is 0 Å². The van der Waals surface area contributed by atoms with Crippen LogP contribution >= 0.6 is 0 Å². The van der Waals surface area contributed by atoms with Gasteiger partial charge in [-0.2, -0.15) is 10.6 Å². The molecular weight excluding hydrogens is 122 g/mol. The predicted octanol–water partition coefficient (Wildman–Crippen LogP) is 1.32. The first-order chi connectivity index (χ1) is 3.84. The largest absolute Gasteiger partial charge is 0.444 e. The van der Waals surface area contributed by atoms with E-state index in [-0.39, 0.29) is 0 Å². The van der Waals surface area contributed by atoms with Crippen molar-refractivity contribution in [1.29, 1.82) is 0 Å². The Labute approximate surface area is 51.5 Å². The van der Waals surface area contributed by atoms with Crippen molar-refractivity contribution in [2.24, 2.45) is 4.36 Å². The van der Waals surface area contributed by atoms with E-state index in [4.69, 9.17) is 0 Å². The van der Waals surface area contributed by atoms with Crippen molar-refractivity contribution < 1.29 is 4.21 Å². The van der Waals surface area contributed by atoms with Crippen molar-refractivity contribution in [3.05, 3.63) is 0 Å². The molecule has 1 fully saturated rings. The number of rotatable bonds is 2. The lowest BCUT2D eigenvalue weighted by Gasteiger charge is -1.95. The molecule has 1 aliphatic carbocycles. The standard InChI is InChI=1S/C5H10NOS/c1-2-6-8(7)5-3-4-5/h5H,2-4H2,1H3/q-1. The van der Waals surface area contributed by atoms with E-state index >= 15 is 0 Å². The van der Waals surface area contributed by atoms with Gasteiger partial charge in [-0.25, -0.2) is 0 Å². The van der Waals surface area contributed by atoms with Gasteiger partial charge in [-0.1, -0.05) is 18.1 Å². The monoisotopic (exact) mass is 132 g/mol. The highest BCUT2D eigenvalue weighted by molar-refractivity contribution is 7.75. The zero-order chi connectivity index (χ0) is 5.98. The second-order valence-electron chi connectivity index (χ2n) is 1.92. The summed E-state index contributed by atoms with van der Waals surface area (Å²) in [6, 6.07) is 0. The lowest BCUT2D eigenvalue weighted by Crippen LogP contribution is -1.82. The molecule has 0 aromatic rings. The van der Waals surface area contributed by atoms with Crippen LogP contribution in [-0.2, 0) is 14.8 Å². The van der Waals surface area contributed by atoms with Crippen LogP contribution in [0.1, 0.15) is 19.8 Å². The molecule has 0 unspecified atom stereocenters. The zero-order valence-corrected chi connectivity index (χ0v) is 5.78. The highest BCUT2D eigenvalue weighted by Crippen LogP contribution is 2.23. The maximum absolute atomic E-state index is 10.7. The van der Waals surface area contributed by atoms with Crippen LogP contribution in [0.15, 0.2) is 4.36 Å².